The first-order valence-corrected chi connectivity index (χ1v) is 11.0. The van der Waals surface area contributed by atoms with Gasteiger partial charge in [0, 0.05) is 24.2 Å². The standard InChI is InChI=1S/C26H26N2O7/c1-32-22-9-4-5-10-23(22)35-16-21-20-15-25(34-3)24(33-2)14-17(20)11-12-27(21)26(29)18-7-6-8-19(13-18)28(30)31/h4-10,13-15,21H,11-12,16H2,1-3H3/t21-/m0/s1. The molecule has 35 heavy (non-hydrogen) atoms. The summed E-state index contributed by atoms with van der Waals surface area (Å²) in [4.78, 5) is 26.0. The van der Waals surface area contributed by atoms with Crippen LogP contribution >= 0.6 is 0 Å². The van der Waals surface area contributed by atoms with Crippen LogP contribution in [-0.4, -0.2) is 50.2 Å². The summed E-state index contributed by atoms with van der Waals surface area (Å²) >= 11 is 0. The third kappa shape index (κ3) is 4.84. The molecule has 0 bridgehead atoms. The molecule has 0 saturated carbocycles. The van der Waals surface area contributed by atoms with Gasteiger partial charge in [0.15, 0.2) is 23.0 Å². The molecule has 0 N–H and O–H groups in total. The van der Waals surface area contributed by atoms with Crippen molar-refractivity contribution in [3.05, 3.63) is 87.5 Å². The molecule has 0 radical (unpaired) electrons. The van der Waals surface area contributed by atoms with Crippen molar-refractivity contribution in [2.24, 2.45) is 0 Å². The molecule has 0 fully saturated rings. The number of para-hydroxylation sites is 2. The highest BCUT2D eigenvalue weighted by Gasteiger charge is 2.34. The average molecular weight is 479 g/mol. The van der Waals surface area contributed by atoms with Gasteiger partial charge < -0.3 is 23.8 Å². The van der Waals surface area contributed by atoms with Gasteiger partial charge in [-0.2, -0.15) is 0 Å². The largest absolute Gasteiger partial charge is 0.493 e. The molecule has 0 aliphatic carbocycles. The van der Waals surface area contributed by atoms with Gasteiger partial charge in [-0.15, -0.1) is 0 Å². The molecule has 1 amide bonds. The molecule has 0 aromatic heterocycles. The molecule has 1 heterocycles. The van der Waals surface area contributed by atoms with Gasteiger partial charge >= 0.3 is 0 Å². The number of hydrogen-bond acceptors (Lipinski definition) is 7. The van der Waals surface area contributed by atoms with Crippen LogP contribution < -0.4 is 18.9 Å². The van der Waals surface area contributed by atoms with Crippen LogP contribution in [0.25, 0.3) is 0 Å². The number of methoxy groups -OCH3 is 3. The van der Waals surface area contributed by atoms with E-state index in [1.807, 2.05) is 24.3 Å². The summed E-state index contributed by atoms with van der Waals surface area (Å²) in [5.41, 5.74) is 1.98. The van der Waals surface area contributed by atoms with Crippen molar-refractivity contribution in [1.29, 1.82) is 0 Å². The number of amides is 1. The van der Waals surface area contributed by atoms with Gasteiger partial charge in [-0.05, 0) is 47.9 Å². The predicted molar refractivity (Wildman–Crippen MR) is 129 cm³/mol. The molecule has 4 rings (SSSR count). The zero-order chi connectivity index (χ0) is 24.9. The van der Waals surface area contributed by atoms with Crippen LogP contribution in [0, 0.1) is 10.1 Å². The van der Waals surface area contributed by atoms with Gasteiger partial charge in [-0.1, -0.05) is 18.2 Å². The smallest absolute Gasteiger partial charge is 0.270 e. The Morgan fingerprint density at radius 1 is 0.943 bits per heavy atom. The van der Waals surface area contributed by atoms with Gasteiger partial charge in [0.05, 0.1) is 32.3 Å². The minimum atomic E-state index is -0.512. The fraction of sp³-hybridized carbons (Fsp3) is 0.269. The summed E-state index contributed by atoms with van der Waals surface area (Å²) in [6.07, 6.45) is 0.585. The number of ether oxygens (including phenoxy) is 4. The van der Waals surface area contributed by atoms with Crippen LogP contribution in [0.2, 0.25) is 0 Å². The number of nitrogens with zero attached hydrogens (tertiary/aromatic N) is 2. The van der Waals surface area contributed by atoms with Crippen molar-refractivity contribution in [3.63, 3.8) is 0 Å². The van der Waals surface area contributed by atoms with E-state index in [-0.39, 0.29) is 23.8 Å². The van der Waals surface area contributed by atoms with Crippen molar-refractivity contribution >= 4 is 11.6 Å². The lowest BCUT2D eigenvalue weighted by molar-refractivity contribution is -0.384. The Morgan fingerprint density at radius 2 is 1.63 bits per heavy atom. The number of rotatable bonds is 8. The molecule has 0 unspecified atom stereocenters. The van der Waals surface area contributed by atoms with E-state index in [0.29, 0.717) is 36.0 Å². The molecule has 1 atom stereocenters. The van der Waals surface area contributed by atoms with Gasteiger partial charge in [-0.3, -0.25) is 14.9 Å². The molecule has 182 valence electrons. The number of non-ortho nitro benzene ring substituents is 1. The first-order valence-electron chi connectivity index (χ1n) is 11.0. The molecular formula is C26H26N2O7. The second-order valence-electron chi connectivity index (χ2n) is 7.94. The Balaban J connectivity index is 1.73. The van der Waals surface area contributed by atoms with E-state index in [0.717, 1.165) is 11.1 Å². The maximum absolute atomic E-state index is 13.6. The topological polar surface area (TPSA) is 100 Å². The van der Waals surface area contributed by atoms with Gasteiger partial charge in [0.1, 0.15) is 6.61 Å². The zero-order valence-corrected chi connectivity index (χ0v) is 19.7. The Bertz CT molecular complexity index is 1240. The van der Waals surface area contributed by atoms with E-state index in [1.54, 1.807) is 44.4 Å². The molecule has 0 spiro atoms. The lowest BCUT2D eigenvalue weighted by atomic mass is 9.91. The van der Waals surface area contributed by atoms with Crippen LogP contribution in [0.4, 0.5) is 5.69 Å². The van der Waals surface area contributed by atoms with Crippen molar-refractivity contribution in [2.45, 2.75) is 12.5 Å². The van der Waals surface area contributed by atoms with E-state index in [2.05, 4.69) is 0 Å². The summed E-state index contributed by atoms with van der Waals surface area (Å²) in [6.45, 7) is 0.549. The summed E-state index contributed by atoms with van der Waals surface area (Å²) in [5.74, 6) is 1.95. The van der Waals surface area contributed by atoms with Gasteiger partial charge in [0.2, 0.25) is 0 Å². The number of fused-ring (bicyclic) bond motifs is 1. The first-order chi connectivity index (χ1) is 17.0. The molecule has 9 nitrogen and oxygen atoms in total. The summed E-state index contributed by atoms with van der Waals surface area (Å²) < 4.78 is 22.5. The van der Waals surface area contributed by atoms with Crippen LogP contribution in [-0.2, 0) is 6.42 Å². The third-order valence-corrected chi connectivity index (χ3v) is 6.03. The highest BCUT2D eigenvalue weighted by Crippen LogP contribution is 2.39. The first kappa shape index (κ1) is 23.9. The highest BCUT2D eigenvalue weighted by atomic mass is 16.6. The SMILES string of the molecule is COc1cc2c(cc1OC)[C@H](COc1ccccc1OC)N(C(=O)c1cccc([N+](=O)[O-])c1)CC2. The quantitative estimate of drug-likeness (QED) is 0.349. The van der Waals surface area contributed by atoms with Crippen LogP contribution in [0.15, 0.2) is 60.7 Å². The van der Waals surface area contributed by atoms with E-state index in [9.17, 15) is 14.9 Å². The molecule has 0 saturated heterocycles. The Kier molecular flexibility index (Phi) is 7.05. The van der Waals surface area contributed by atoms with Crippen molar-refractivity contribution in [2.75, 3.05) is 34.5 Å². The number of carbonyl (C=O) groups excluding carboxylic acids is 1. The Hall–Kier alpha value is -4.27. The van der Waals surface area contributed by atoms with E-state index < -0.39 is 11.0 Å². The molecule has 9 heteroatoms. The number of nitro groups is 1. The van der Waals surface area contributed by atoms with Crippen LogP contribution in [0.1, 0.15) is 27.5 Å². The lowest BCUT2D eigenvalue weighted by Gasteiger charge is -2.37. The molecule has 3 aromatic rings. The number of hydrogen-bond donors (Lipinski definition) is 0. The Labute approximate surface area is 202 Å². The summed E-state index contributed by atoms with van der Waals surface area (Å²) in [7, 11) is 4.69. The maximum Gasteiger partial charge on any atom is 0.270 e. The van der Waals surface area contributed by atoms with Crippen LogP contribution in [0.3, 0.4) is 0 Å². The third-order valence-electron chi connectivity index (χ3n) is 6.03. The van der Waals surface area contributed by atoms with Gasteiger partial charge in [0.25, 0.3) is 11.6 Å². The van der Waals surface area contributed by atoms with Gasteiger partial charge in [-0.25, -0.2) is 0 Å². The second-order valence-corrected chi connectivity index (χ2v) is 7.94. The fourth-order valence-corrected chi connectivity index (χ4v) is 4.28. The Morgan fingerprint density at radius 3 is 2.31 bits per heavy atom. The summed E-state index contributed by atoms with van der Waals surface area (Å²) in [6, 6.07) is 16.3. The molecule has 3 aromatic carbocycles. The van der Waals surface area contributed by atoms with Crippen molar-refractivity contribution in [3.8, 4) is 23.0 Å². The fourth-order valence-electron chi connectivity index (χ4n) is 4.28. The van der Waals surface area contributed by atoms with E-state index >= 15 is 0 Å². The predicted octanol–water partition coefficient (Wildman–Crippen LogP) is 4.44. The normalized spacial score (nSPS) is 14.6. The number of nitro benzene ring substituents is 1. The number of carbonyl (C=O) groups is 1. The average Bonchev–Trinajstić information content (AvgIpc) is 2.90. The molecule has 1 aliphatic rings. The van der Waals surface area contributed by atoms with Crippen molar-refractivity contribution in [1.82, 2.24) is 4.90 Å². The van der Waals surface area contributed by atoms with Crippen LogP contribution in [0.5, 0.6) is 23.0 Å². The zero-order valence-electron chi connectivity index (χ0n) is 19.7. The monoisotopic (exact) mass is 478 g/mol. The van der Waals surface area contributed by atoms with E-state index in [4.69, 9.17) is 18.9 Å². The minimum Gasteiger partial charge on any atom is -0.493 e. The lowest BCUT2D eigenvalue weighted by Crippen LogP contribution is -2.42. The molecule has 1 aliphatic heterocycles. The minimum absolute atomic E-state index is 0.138. The second kappa shape index (κ2) is 10.3. The maximum atomic E-state index is 13.6. The summed E-state index contributed by atoms with van der Waals surface area (Å²) in [5, 5.41) is 11.3. The number of benzene rings is 3. The highest BCUT2D eigenvalue weighted by molar-refractivity contribution is 5.95. The van der Waals surface area contributed by atoms with Crippen molar-refractivity contribution < 1.29 is 28.7 Å². The van der Waals surface area contributed by atoms with E-state index in [1.165, 1.54) is 18.2 Å². The molecular weight excluding hydrogens is 452 g/mol.